The first-order chi connectivity index (χ1) is 59.0. The van der Waals surface area contributed by atoms with E-state index >= 15 is 0 Å². The molecule has 12 aromatic heterocycles. The number of β-amino-alcohol motifs (C(OH)–C–C–N with tert-alkyl or cyclic N) is 2. The van der Waals surface area contributed by atoms with Gasteiger partial charge in [0.25, 0.3) is 11.8 Å². The zero-order chi connectivity index (χ0) is 92.8. The second kappa shape index (κ2) is 41.3. The Morgan fingerprint density at radius 2 is 0.738 bits per heavy atom. The molecule has 16 rings (SSSR count). The predicted molar refractivity (Wildman–Crippen MR) is 452 cm³/mol. The predicted octanol–water partition coefficient (Wildman–Crippen LogP) is 14.1. The lowest BCUT2D eigenvalue weighted by Crippen LogP contribution is -2.43. The molecule has 676 valence electrons. The number of halogens is 2. The molecule has 4 saturated heterocycles. The Morgan fingerprint density at radius 3 is 1.17 bits per heavy atom. The highest BCUT2D eigenvalue weighted by Gasteiger charge is 2.45. The topological polar surface area (TPSA) is 519 Å². The van der Waals surface area contributed by atoms with Crippen LogP contribution >= 0.6 is 23.2 Å². The zero-order valence-electron chi connectivity index (χ0n) is 73.2. The van der Waals surface area contributed by atoms with Crippen molar-refractivity contribution in [1.82, 2.24) is 79.9 Å². The molecule has 16 heterocycles. The average molecular weight is 1790 g/mol. The van der Waals surface area contributed by atoms with Crippen LogP contribution in [-0.2, 0) is 38.1 Å². The molecule has 2 unspecified atom stereocenters. The number of oxazole rings is 3. The number of Topliss-reactive ketones (excluding diaryl/α,β-unsaturated/α-hetero) is 2. The fraction of sp³-hybridized carbons (Fsp3) is 0.476. The minimum Gasteiger partial charge on any atom is -0.480 e. The Kier molecular flexibility index (Phi) is 31.8. The van der Waals surface area contributed by atoms with Crippen LogP contribution in [0.5, 0.6) is 11.8 Å². The summed E-state index contributed by atoms with van der Waals surface area (Å²) in [4.78, 5) is 135. The molecule has 4 N–H and O–H groups in total. The second-order valence-electron chi connectivity index (χ2n) is 33.3. The van der Waals surface area contributed by atoms with E-state index in [1.807, 2.05) is 45.9 Å². The molecule has 40 nitrogen and oxygen atoms in total. The van der Waals surface area contributed by atoms with Gasteiger partial charge in [0.15, 0.2) is 56.3 Å². The monoisotopic (exact) mass is 1790 g/mol. The lowest BCUT2D eigenvalue weighted by atomic mass is 10.1. The summed E-state index contributed by atoms with van der Waals surface area (Å²) in [5.41, 5.74) is 5.69. The molecule has 12 aromatic rings. The lowest BCUT2D eigenvalue weighted by Gasteiger charge is -2.27. The maximum atomic E-state index is 12.4. The van der Waals surface area contributed by atoms with Crippen LogP contribution in [0.25, 0.3) is 66.2 Å². The first kappa shape index (κ1) is 97.0. The Hall–Kier alpha value is -12.8. The number of carboxylic acids is 2. The number of aliphatic hydroxyl groups excluding tert-OH is 2. The number of carbonyl (C=O) groups excluding carboxylic acids is 6. The molecule has 4 aliphatic heterocycles. The molecule has 8 atom stereocenters. The highest BCUT2D eigenvalue weighted by molar-refractivity contribution is 6.33. The summed E-state index contributed by atoms with van der Waals surface area (Å²) in [5, 5.41) is 51.5. The molecular formula is C84H102Cl2N16O24. The van der Waals surface area contributed by atoms with E-state index in [0.717, 1.165) is 65.2 Å². The van der Waals surface area contributed by atoms with Crippen LogP contribution in [0.1, 0.15) is 157 Å². The van der Waals surface area contributed by atoms with E-state index in [1.165, 1.54) is 23.6 Å². The number of carboxylic acid groups (broad SMARTS) is 2. The van der Waals surface area contributed by atoms with Gasteiger partial charge in [-0.25, -0.2) is 63.7 Å². The quantitative estimate of drug-likeness (QED) is 0.0810. The summed E-state index contributed by atoms with van der Waals surface area (Å²) in [6.45, 7) is 35.3. The third-order valence-corrected chi connectivity index (χ3v) is 18.8. The highest BCUT2D eigenvalue weighted by Crippen LogP contribution is 2.34. The molecule has 4 aliphatic rings. The van der Waals surface area contributed by atoms with E-state index in [2.05, 4.69) is 60.3 Å². The summed E-state index contributed by atoms with van der Waals surface area (Å²) in [5.74, 6) is -0.0425. The van der Waals surface area contributed by atoms with Crippen LogP contribution < -0.4 is 9.47 Å². The largest absolute Gasteiger partial charge is 0.480 e. The van der Waals surface area contributed by atoms with Gasteiger partial charge < -0.3 is 75.7 Å². The van der Waals surface area contributed by atoms with Crippen LogP contribution in [0.3, 0.4) is 0 Å². The Labute approximate surface area is 731 Å². The van der Waals surface area contributed by atoms with Crippen LogP contribution in [0.4, 0.5) is 19.2 Å². The standard InChI is InChI=1S/2C18H23N3O5.2C10H17NO5.2C7H5ClN2O.2C7H6N2O/c1-10(22)14-8-12(9-21(14)17(23)26-18(3,4)5)25-16-15-13(6-7-19-16)20-11(2)24-15;1-10-13-6-7-19-16(15(13)26-20-10)24-12-8-14(11(2)22)21(9-12)17(23)25-18(3,4)5;2*1-10(2,3)16-9(15)11-5-6(12)4-7(11)8(13)14;1-4-10-5-2-3-9-7(8)6(5)11-4;1-4-5-2-3-9-7(8)6(5)11-10-4;1-5-9-6-2-3-8-4-7(6)10-5;1-5-6-2-3-8-4-7(6)10-9-5/h2*6-7,12,14H,8-9H2,1-5H3;2*6-7,12H,4-5H2,1-3H3,(H,13,14);2*2-3H,1H3;2*2-4H,1H3/t2*12?,14-;2*6-,7+;;;;/m0011..../s1. The number of aliphatic carboxylic acids is 2. The van der Waals surface area contributed by atoms with E-state index in [1.54, 1.807) is 165 Å². The Morgan fingerprint density at radius 1 is 0.397 bits per heavy atom. The van der Waals surface area contributed by atoms with Crippen molar-refractivity contribution in [3.05, 3.63) is 131 Å². The van der Waals surface area contributed by atoms with Crippen molar-refractivity contribution in [1.29, 1.82) is 0 Å². The van der Waals surface area contributed by atoms with Crippen molar-refractivity contribution in [3.8, 4) is 11.8 Å². The van der Waals surface area contributed by atoms with Crippen molar-refractivity contribution in [2.45, 2.75) is 235 Å². The number of aromatic nitrogens is 12. The third-order valence-electron chi connectivity index (χ3n) is 18.2. The molecular weight excluding hydrogens is 1690 g/mol. The lowest BCUT2D eigenvalue weighted by molar-refractivity contribution is -0.142. The molecule has 0 aromatic carbocycles. The Bertz CT molecular complexity index is 5630. The maximum absolute atomic E-state index is 12.4. The average Bonchev–Trinajstić information content (AvgIpc) is 1.65. The molecule has 126 heavy (non-hydrogen) atoms. The number of carbonyl (C=O) groups is 8. The third kappa shape index (κ3) is 26.9. The number of aryl methyl sites for hydroxylation is 6. The summed E-state index contributed by atoms with van der Waals surface area (Å²) >= 11 is 11.5. The first-order valence-electron chi connectivity index (χ1n) is 39.6. The smallest absolute Gasteiger partial charge is 0.411 e. The molecule has 4 fully saturated rings. The van der Waals surface area contributed by atoms with Crippen LogP contribution in [0, 0.1) is 41.5 Å². The number of fused-ring (bicyclic) bond motifs is 6. The van der Waals surface area contributed by atoms with Gasteiger partial charge in [0.05, 0.1) is 85.3 Å². The van der Waals surface area contributed by atoms with E-state index < -0.39 is 95.1 Å². The van der Waals surface area contributed by atoms with Gasteiger partial charge in [-0.15, -0.1) is 0 Å². The SMILES string of the molecule is CC(=O)[C@@H]1CC(Oc2nccc3c(C)noc23)CN1C(=O)OC(C)(C)C.CC(=O)[C@@H]1CC(Oc2nccc3nc(C)oc23)CN1C(=O)OC(C)(C)C.CC(C)(C)OC(=O)N1C[C@H](O)C[C@H]1C(=O)O.CC(C)(C)OC(=O)N1C[C@H](O)C[C@H]1C(=O)O.Cc1nc2ccnc(Cl)c2o1.Cc1nc2ccncc2o1.Cc1noc2c(Cl)nccc12.Cc1noc2cnccc12. The summed E-state index contributed by atoms with van der Waals surface area (Å²) < 4.78 is 63.9. The number of ether oxygens (including phenoxy) is 6. The first-order valence-corrected chi connectivity index (χ1v) is 40.4. The van der Waals surface area contributed by atoms with Crippen molar-refractivity contribution in [3.63, 3.8) is 0 Å². The number of amides is 4. The summed E-state index contributed by atoms with van der Waals surface area (Å²) in [6.07, 6.45) is 9.23. The van der Waals surface area contributed by atoms with Gasteiger partial charge in [0, 0.05) is 94.4 Å². The summed E-state index contributed by atoms with van der Waals surface area (Å²) in [7, 11) is 0. The number of nitrogens with zero attached hydrogens (tertiary/aromatic N) is 16. The molecule has 0 spiro atoms. The summed E-state index contributed by atoms with van der Waals surface area (Å²) in [6, 6.07) is 7.69. The number of likely N-dealkylation sites (tertiary alicyclic amines) is 4. The van der Waals surface area contributed by atoms with Gasteiger partial charge in [-0.2, -0.15) is 0 Å². The fourth-order valence-electron chi connectivity index (χ4n) is 12.8. The minimum absolute atomic E-state index is 0.00583. The van der Waals surface area contributed by atoms with Gasteiger partial charge in [-0.05, 0) is 154 Å². The molecule has 0 radical (unpaired) electrons. The molecule has 0 bridgehead atoms. The minimum atomic E-state index is -1.12. The van der Waals surface area contributed by atoms with E-state index in [0.29, 0.717) is 80.4 Å². The molecule has 4 amide bonds. The number of hydrogen-bond donors (Lipinski definition) is 4. The highest BCUT2D eigenvalue weighted by atomic mass is 35.5. The Balaban J connectivity index is 0.000000167. The van der Waals surface area contributed by atoms with Gasteiger partial charge in [0.1, 0.15) is 63.2 Å². The maximum Gasteiger partial charge on any atom is 0.411 e. The van der Waals surface area contributed by atoms with Crippen LogP contribution in [-0.4, -0.2) is 245 Å². The van der Waals surface area contributed by atoms with Crippen molar-refractivity contribution >= 4 is 137 Å². The fourth-order valence-corrected chi connectivity index (χ4v) is 13.2. The molecule has 0 saturated carbocycles. The normalized spacial score (nSPS) is 18.5. The number of aliphatic hydroxyl groups is 2. The van der Waals surface area contributed by atoms with Gasteiger partial charge >= 0.3 is 36.3 Å². The van der Waals surface area contributed by atoms with Gasteiger partial charge in [-0.1, -0.05) is 38.7 Å². The van der Waals surface area contributed by atoms with Crippen LogP contribution in [0.15, 0.2) is 113 Å². The molecule has 42 heteroatoms. The number of pyridine rings is 6. The van der Waals surface area contributed by atoms with Gasteiger partial charge in [-0.3, -0.25) is 39.2 Å². The van der Waals surface area contributed by atoms with Crippen LogP contribution in [0.2, 0.25) is 10.3 Å². The number of hydrogen-bond acceptors (Lipinski definition) is 34. The zero-order valence-corrected chi connectivity index (χ0v) is 74.7. The number of ketones is 2. The van der Waals surface area contributed by atoms with Gasteiger partial charge in [0.2, 0.25) is 16.7 Å². The van der Waals surface area contributed by atoms with Crippen molar-refractivity contribution < 1.29 is 114 Å². The second-order valence-corrected chi connectivity index (χ2v) is 34.0. The van der Waals surface area contributed by atoms with E-state index in [-0.39, 0.29) is 62.8 Å². The number of rotatable bonds is 8. The van der Waals surface area contributed by atoms with Crippen molar-refractivity contribution in [2.24, 2.45) is 0 Å². The van der Waals surface area contributed by atoms with Crippen molar-refractivity contribution in [2.75, 3.05) is 26.2 Å². The van der Waals surface area contributed by atoms with E-state index in [4.69, 9.17) is 88.7 Å². The molecule has 0 aliphatic carbocycles. The van der Waals surface area contributed by atoms with E-state index in [9.17, 15) is 48.6 Å².